The van der Waals surface area contributed by atoms with Crippen LogP contribution in [0.2, 0.25) is 0 Å². The Kier molecular flexibility index (Phi) is 5.56. The Bertz CT molecular complexity index is 747. The lowest BCUT2D eigenvalue weighted by molar-refractivity contribution is -0.136. The lowest BCUT2D eigenvalue weighted by atomic mass is 10.1. The van der Waals surface area contributed by atoms with Crippen LogP contribution in [0.1, 0.15) is 31.0 Å². The smallest absolute Gasteiger partial charge is 0.418 e. The number of urea groups is 1. The molecule has 0 aliphatic carbocycles. The van der Waals surface area contributed by atoms with Crippen LogP contribution in [0.5, 0.6) is 5.75 Å². The molecular weight excluding hydrogens is 333 g/mol. The fourth-order valence-electron chi connectivity index (χ4n) is 2.58. The minimum atomic E-state index is -4.56. The van der Waals surface area contributed by atoms with Crippen molar-refractivity contribution in [3.05, 3.63) is 59.7 Å². The Labute approximate surface area is 143 Å². The summed E-state index contributed by atoms with van der Waals surface area (Å²) >= 11 is 0. The number of nitrogens with zero attached hydrogens (tertiary/aromatic N) is 1. The minimum absolute atomic E-state index is 0.0585. The van der Waals surface area contributed by atoms with E-state index in [4.69, 9.17) is 0 Å². The van der Waals surface area contributed by atoms with Crippen LogP contribution in [0.25, 0.3) is 0 Å². The number of amides is 2. The van der Waals surface area contributed by atoms with Gasteiger partial charge in [0, 0.05) is 6.54 Å². The van der Waals surface area contributed by atoms with Crippen molar-refractivity contribution in [3.8, 4) is 5.75 Å². The highest BCUT2D eigenvalue weighted by atomic mass is 19.4. The number of alkyl halides is 3. The molecule has 0 aliphatic rings. The molecule has 2 amide bonds. The average Bonchev–Trinajstić information content (AvgIpc) is 2.55. The van der Waals surface area contributed by atoms with Crippen molar-refractivity contribution in [3.63, 3.8) is 0 Å². The SMILES string of the molecule is CCN(C(=O)Nc1ccccc1C(F)(F)F)C(C)c1cccc(O)c1. The predicted octanol–water partition coefficient (Wildman–Crippen LogP) is 5.03. The van der Waals surface area contributed by atoms with E-state index in [2.05, 4.69) is 5.32 Å². The molecule has 25 heavy (non-hydrogen) atoms. The van der Waals surface area contributed by atoms with Gasteiger partial charge in [-0.25, -0.2) is 4.79 Å². The standard InChI is InChI=1S/C18H19F3N2O2/c1-3-23(12(2)13-7-6-8-14(24)11-13)17(25)22-16-10-5-4-9-15(16)18(19,20)21/h4-12,24H,3H2,1-2H3,(H,22,25). The number of carbonyl (C=O) groups is 1. The lowest BCUT2D eigenvalue weighted by Gasteiger charge is -2.29. The first kappa shape index (κ1) is 18.6. The second-order valence-corrected chi connectivity index (χ2v) is 5.53. The Balaban J connectivity index is 2.24. The average molecular weight is 352 g/mol. The first-order chi connectivity index (χ1) is 11.7. The first-order valence-corrected chi connectivity index (χ1v) is 7.76. The molecule has 0 radical (unpaired) electrons. The van der Waals surface area contributed by atoms with Crippen LogP contribution in [-0.2, 0) is 6.18 Å². The summed E-state index contributed by atoms with van der Waals surface area (Å²) in [6.07, 6.45) is -4.56. The number of hydrogen-bond donors (Lipinski definition) is 2. The van der Waals surface area contributed by atoms with Crippen LogP contribution >= 0.6 is 0 Å². The summed E-state index contributed by atoms with van der Waals surface area (Å²) in [6, 6.07) is 10.2. The van der Waals surface area contributed by atoms with E-state index in [1.54, 1.807) is 26.0 Å². The van der Waals surface area contributed by atoms with Crippen molar-refractivity contribution in [1.29, 1.82) is 0 Å². The highest BCUT2D eigenvalue weighted by molar-refractivity contribution is 5.90. The van der Waals surface area contributed by atoms with Gasteiger partial charge in [-0.3, -0.25) is 0 Å². The zero-order valence-corrected chi connectivity index (χ0v) is 13.8. The lowest BCUT2D eigenvalue weighted by Crippen LogP contribution is -2.37. The molecule has 0 aromatic heterocycles. The highest BCUT2D eigenvalue weighted by Gasteiger charge is 2.34. The van der Waals surface area contributed by atoms with E-state index in [1.807, 2.05) is 0 Å². The number of phenolic OH excluding ortho intramolecular Hbond substituents is 1. The number of benzene rings is 2. The number of hydrogen-bond acceptors (Lipinski definition) is 2. The molecule has 0 fully saturated rings. The van der Waals surface area contributed by atoms with Crippen molar-refractivity contribution in [1.82, 2.24) is 4.90 Å². The molecule has 7 heteroatoms. The van der Waals surface area contributed by atoms with Gasteiger partial charge in [-0.15, -0.1) is 0 Å². The zero-order chi connectivity index (χ0) is 18.6. The van der Waals surface area contributed by atoms with E-state index in [1.165, 1.54) is 35.2 Å². The summed E-state index contributed by atoms with van der Waals surface area (Å²) in [6.45, 7) is 3.76. The number of rotatable bonds is 4. The second kappa shape index (κ2) is 7.46. The molecule has 134 valence electrons. The molecule has 0 spiro atoms. The molecule has 2 aromatic rings. The van der Waals surface area contributed by atoms with E-state index < -0.39 is 23.8 Å². The van der Waals surface area contributed by atoms with Gasteiger partial charge < -0.3 is 15.3 Å². The molecule has 4 nitrogen and oxygen atoms in total. The quantitative estimate of drug-likeness (QED) is 0.811. The Morgan fingerprint density at radius 2 is 1.88 bits per heavy atom. The third-order valence-corrected chi connectivity index (χ3v) is 3.90. The number of anilines is 1. The van der Waals surface area contributed by atoms with E-state index in [-0.39, 0.29) is 18.0 Å². The van der Waals surface area contributed by atoms with Gasteiger partial charge >= 0.3 is 12.2 Å². The Hall–Kier alpha value is -2.70. The Morgan fingerprint density at radius 3 is 2.48 bits per heavy atom. The second-order valence-electron chi connectivity index (χ2n) is 5.53. The first-order valence-electron chi connectivity index (χ1n) is 7.76. The summed E-state index contributed by atoms with van der Waals surface area (Å²) in [4.78, 5) is 13.9. The van der Waals surface area contributed by atoms with Gasteiger partial charge in [0.2, 0.25) is 0 Å². The number of nitrogens with one attached hydrogen (secondary N) is 1. The topological polar surface area (TPSA) is 52.6 Å². The maximum Gasteiger partial charge on any atom is 0.418 e. The summed E-state index contributed by atoms with van der Waals surface area (Å²) in [5.41, 5.74) is -0.507. The third-order valence-electron chi connectivity index (χ3n) is 3.90. The van der Waals surface area contributed by atoms with Crippen LogP contribution in [0.3, 0.4) is 0 Å². The van der Waals surface area contributed by atoms with Crippen molar-refractivity contribution < 1.29 is 23.1 Å². The van der Waals surface area contributed by atoms with Crippen LogP contribution < -0.4 is 5.32 Å². The van der Waals surface area contributed by atoms with Crippen LogP contribution in [-0.4, -0.2) is 22.6 Å². The van der Waals surface area contributed by atoms with Gasteiger partial charge in [-0.2, -0.15) is 13.2 Å². The molecule has 0 bridgehead atoms. The maximum absolute atomic E-state index is 13.1. The van der Waals surface area contributed by atoms with E-state index in [0.717, 1.165) is 6.07 Å². The summed E-state index contributed by atoms with van der Waals surface area (Å²) in [5, 5.41) is 11.9. The monoisotopic (exact) mass is 352 g/mol. The normalized spacial score (nSPS) is 12.5. The molecule has 1 atom stereocenters. The van der Waals surface area contributed by atoms with Crippen LogP contribution in [0.15, 0.2) is 48.5 Å². The zero-order valence-electron chi connectivity index (χ0n) is 13.8. The highest BCUT2D eigenvalue weighted by Crippen LogP contribution is 2.35. The largest absolute Gasteiger partial charge is 0.508 e. The number of carbonyl (C=O) groups excluding carboxylic acids is 1. The van der Waals surface area contributed by atoms with Crippen molar-refractivity contribution in [2.24, 2.45) is 0 Å². The fraction of sp³-hybridized carbons (Fsp3) is 0.278. The number of phenols is 1. The third kappa shape index (κ3) is 4.43. The molecule has 2 N–H and O–H groups in total. The molecule has 0 saturated carbocycles. The number of aromatic hydroxyl groups is 1. The predicted molar refractivity (Wildman–Crippen MR) is 89.4 cm³/mol. The van der Waals surface area contributed by atoms with Gasteiger partial charge in [0.25, 0.3) is 0 Å². The summed E-state index contributed by atoms with van der Waals surface area (Å²) in [7, 11) is 0. The molecule has 2 rings (SSSR count). The maximum atomic E-state index is 13.1. The fourth-order valence-corrected chi connectivity index (χ4v) is 2.58. The molecule has 0 heterocycles. The summed E-state index contributed by atoms with van der Waals surface area (Å²) in [5.74, 6) is 0.0585. The molecule has 1 unspecified atom stereocenters. The van der Waals surface area contributed by atoms with E-state index >= 15 is 0 Å². The number of halogens is 3. The number of para-hydroxylation sites is 1. The van der Waals surface area contributed by atoms with E-state index in [9.17, 15) is 23.1 Å². The van der Waals surface area contributed by atoms with Gasteiger partial charge in [0.1, 0.15) is 5.75 Å². The van der Waals surface area contributed by atoms with Crippen LogP contribution in [0, 0.1) is 0 Å². The van der Waals surface area contributed by atoms with Crippen molar-refractivity contribution in [2.75, 3.05) is 11.9 Å². The molecule has 0 saturated heterocycles. The van der Waals surface area contributed by atoms with Crippen molar-refractivity contribution >= 4 is 11.7 Å². The van der Waals surface area contributed by atoms with Crippen LogP contribution in [0.4, 0.5) is 23.7 Å². The van der Waals surface area contributed by atoms with Gasteiger partial charge in [0.15, 0.2) is 0 Å². The minimum Gasteiger partial charge on any atom is -0.508 e. The summed E-state index contributed by atoms with van der Waals surface area (Å²) < 4.78 is 39.2. The van der Waals surface area contributed by atoms with Gasteiger partial charge in [-0.1, -0.05) is 24.3 Å². The molecule has 2 aromatic carbocycles. The van der Waals surface area contributed by atoms with Gasteiger partial charge in [0.05, 0.1) is 17.3 Å². The van der Waals surface area contributed by atoms with E-state index in [0.29, 0.717) is 5.56 Å². The van der Waals surface area contributed by atoms with Crippen molar-refractivity contribution in [2.45, 2.75) is 26.1 Å². The Morgan fingerprint density at radius 1 is 1.20 bits per heavy atom. The molecular formula is C18H19F3N2O2. The molecule has 0 aliphatic heterocycles. The van der Waals surface area contributed by atoms with Gasteiger partial charge in [-0.05, 0) is 43.7 Å².